The van der Waals surface area contributed by atoms with E-state index in [2.05, 4.69) is 159 Å². The minimum absolute atomic E-state index is 0. The summed E-state index contributed by atoms with van der Waals surface area (Å²) in [5, 5.41) is 8.92. The van der Waals surface area contributed by atoms with E-state index >= 15 is 0 Å². The molecule has 0 unspecified atom stereocenters. The zero-order chi connectivity index (χ0) is 26.3. The molecule has 2 nitrogen and oxygen atoms in total. The fourth-order valence-corrected chi connectivity index (χ4v) is 10.2. The van der Waals surface area contributed by atoms with Gasteiger partial charge < -0.3 is 30.3 Å². The van der Waals surface area contributed by atoms with Crippen molar-refractivity contribution < 1.29 is 21.8 Å². The molecule has 0 amide bonds. The molecule has 191 valence electrons. The summed E-state index contributed by atoms with van der Waals surface area (Å²) < 4.78 is 7.25. The number of allylic oxidation sites excluding steroid dienone is 2. The van der Waals surface area contributed by atoms with Crippen molar-refractivity contribution in [2.45, 2.75) is 13.8 Å². The van der Waals surface area contributed by atoms with Crippen LogP contribution in [0.5, 0.6) is 0 Å². The second-order valence-electron chi connectivity index (χ2n) is 8.15. The van der Waals surface area contributed by atoms with Crippen LogP contribution in [0.1, 0.15) is 13.8 Å². The summed E-state index contributed by atoms with van der Waals surface area (Å²) in [6.45, 7) is 4.75. The van der Waals surface area contributed by atoms with Crippen molar-refractivity contribution in [2.75, 3.05) is 0 Å². The molecule has 5 rings (SSSR count). The third kappa shape index (κ3) is 8.80. The van der Waals surface area contributed by atoms with Gasteiger partial charge in [-0.15, -0.1) is 0 Å². The van der Waals surface area contributed by atoms with Gasteiger partial charge in [0.2, 0.25) is 0 Å². The molecule has 0 bridgehead atoms. The van der Waals surface area contributed by atoms with E-state index in [1.54, 1.807) is 16.7 Å². The molecule has 38 heavy (non-hydrogen) atoms. The predicted molar refractivity (Wildman–Crippen MR) is 159 cm³/mol. The van der Waals surface area contributed by atoms with Crippen LogP contribution in [0, 0.1) is 29.7 Å². The van der Waals surface area contributed by atoms with Gasteiger partial charge in [-0.2, -0.15) is 0 Å². The molecular formula is C33H29MnNOP2-2. The monoisotopic (exact) mass is 572 g/mol. The van der Waals surface area contributed by atoms with Gasteiger partial charge in [0.15, 0.2) is 0 Å². The van der Waals surface area contributed by atoms with E-state index in [0.29, 0.717) is 0 Å². The van der Waals surface area contributed by atoms with Gasteiger partial charge in [-0.3, -0.25) is 0 Å². The van der Waals surface area contributed by atoms with Crippen molar-refractivity contribution >= 4 is 37.1 Å². The average Bonchev–Trinajstić information content (AvgIpc) is 3.57. The van der Waals surface area contributed by atoms with Gasteiger partial charge in [-0.05, 0) is 62.4 Å². The van der Waals surface area contributed by atoms with E-state index < -0.39 is 15.8 Å². The maximum atomic E-state index is 7.25. The Labute approximate surface area is 239 Å². The molecule has 0 aromatic heterocycles. The topological polar surface area (TPSA) is 43.7 Å². The summed E-state index contributed by atoms with van der Waals surface area (Å²) >= 11 is 0. The predicted octanol–water partition coefficient (Wildman–Crippen LogP) is 6.47. The minimum Gasteiger partial charge on any atom is -0.999 e. The fraction of sp³-hybridized carbons (Fsp3) is 0.0606. The Kier molecular flexibility index (Phi) is 14.4. The van der Waals surface area contributed by atoms with E-state index in [1.165, 1.54) is 21.2 Å². The van der Waals surface area contributed by atoms with Gasteiger partial charge in [-0.25, -0.2) is 0 Å². The maximum absolute atomic E-state index is 7.25. The van der Waals surface area contributed by atoms with Crippen molar-refractivity contribution in [3.63, 3.8) is 0 Å². The molecule has 1 radical (unpaired) electrons. The Bertz CT molecular complexity index is 1150. The first kappa shape index (κ1) is 31.2. The molecule has 0 aliphatic rings. The van der Waals surface area contributed by atoms with Gasteiger partial charge in [0.1, 0.15) is 31.8 Å². The SMILES string of the molecule is CC(=C(C)[PH+](c1ccccc1)c1ccccc1)[PH+](c1ccccc1)c1ccccc1.N#[O+].[Mn].[c-]1[c-][c-][cH-][c-]1. The first-order valence-corrected chi connectivity index (χ1v) is 14.9. The van der Waals surface area contributed by atoms with E-state index in [0.717, 1.165) is 0 Å². The molecular weight excluding hydrogens is 543 g/mol. The van der Waals surface area contributed by atoms with Crippen molar-refractivity contribution in [3.8, 4) is 0 Å². The molecule has 0 aliphatic carbocycles. The van der Waals surface area contributed by atoms with E-state index in [9.17, 15) is 0 Å². The Balaban J connectivity index is 0.000000560. The Morgan fingerprint density at radius 3 is 0.947 bits per heavy atom. The first-order valence-electron chi connectivity index (χ1n) is 11.9. The average molecular weight is 572 g/mol. The molecule has 0 N–H and O–H groups in total. The summed E-state index contributed by atoms with van der Waals surface area (Å²) in [7, 11) is -2.06. The Morgan fingerprint density at radius 1 is 0.526 bits per heavy atom. The third-order valence-electron chi connectivity index (χ3n) is 5.91. The Hall–Kier alpha value is -2.98. The number of hydrogen-bond acceptors (Lipinski definition) is 1. The minimum atomic E-state index is -1.03. The normalized spacial score (nSPS) is 10.7. The zero-order valence-corrected chi connectivity index (χ0v) is 24.5. The molecule has 0 aliphatic heterocycles. The summed E-state index contributed by atoms with van der Waals surface area (Å²) in [4.78, 5) is 0. The van der Waals surface area contributed by atoms with Gasteiger partial charge >= 0.3 is 10.2 Å². The van der Waals surface area contributed by atoms with Crippen molar-refractivity contribution in [1.82, 2.24) is 0 Å². The maximum Gasteiger partial charge on any atom is 0 e. The van der Waals surface area contributed by atoms with Crippen molar-refractivity contribution in [1.29, 1.82) is 5.46 Å². The quantitative estimate of drug-likeness (QED) is 0.0996. The van der Waals surface area contributed by atoms with Crippen LogP contribution in [0.15, 0.2) is 138 Å². The Morgan fingerprint density at radius 2 is 0.763 bits per heavy atom. The van der Waals surface area contributed by atoms with Gasteiger partial charge in [0.25, 0.3) is 0 Å². The number of rotatable bonds is 6. The molecule has 0 fully saturated rings. The van der Waals surface area contributed by atoms with Crippen LogP contribution in [0.25, 0.3) is 0 Å². The third-order valence-corrected chi connectivity index (χ3v) is 12.1. The molecule has 0 spiro atoms. The van der Waals surface area contributed by atoms with E-state index in [1.807, 2.05) is 0 Å². The van der Waals surface area contributed by atoms with Crippen LogP contribution in [0.3, 0.4) is 0 Å². The van der Waals surface area contributed by atoms with Crippen LogP contribution in [-0.4, -0.2) is 0 Å². The van der Waals surface area contributed by atoms with Crippen LogP contribution in [-0.2, 0) is 21.8 Å². The number of benzene rings is 4. The molecule has 0 saturated carbocycles. The van der Waals surface area contributed by atoms with Crippen molar-refractivity contribution in [2.24, 2.45) is 0 Å². The number of hydrogen-bond donors (Lipinski definition) is 0. The van der Waals surface area contributed by atoms with Crippen molar-refractivity contribution in [3.05, 3.63) is 162 Å². The summed E-state index contributed by atoms with van der Waals surface area (Å²) in [5.74, 6) is 0. The van der Waals surface area contributed by atoms with Crippen LogP contribution < -0.4 is 21.2 Å². The van der Waals surface area contributed by atoms with E-state index in [4.69, 9.17) is 10.2 Å². The van der Waals surface area contributed by atoms with E-state index in [-0.39, 0.29) is 17.1 Å². The summed E-state index contributed by atoms with van der Waals surface area (Å²) in [5.41, 5.74) is 5.75. The number of nitrogens with zero attached hydrogens (tertiary/aromatic N) is 1. The molecule has 5 heteroatoms. The smallest absolute Gasteiger partial charge is 0 e. The summed E-state index contributed by atoms with van der Waals surface area (Å²) in [6.07, 6.45) is 0. The molecule has 0 heterocycles. The van der Waals surface area contributed by atoms with Crippen LogP contribution in [0.4, 0.5) is 0 Å². The van der Waals surface area contributed by atoms with Crippen LogP contribution >= 0.6 is 15.8 Å². The molecule has 5 aromatic carbocycles. The van der Waals surface area contributed by atoms with Gasteiger partial charge in [0.05, 0.1) is 15.8 Å². The first-order chi connectivity index (χ1) is 18.3. The van der Waals surface area contributed by atoms with Gasteiger partial charge in [-0.1, -0.05) is 72.8 Å². The summed E-state index contributed by atoms with van der Waals surface area (Å²) in [6, 6.07) is 56.2. The second kappa shape index (κ2) is 17.5. The molecule has 5 aromatic rings. The zero-order valence-electron chi connectivity index (χ0n) is 21.4. The molecule has 0 atom stereocenters. The van der Waals surface area contributed by atoms with Gasteiger partial charge in [0, 0.05) is 17.1 Å². The molecule has 0 saturated heterocycles. The van der Waals surface area contributed by atoms with Crippen LogP contribution in [0.2, 0.25) is 0 Å². The largest absolute Gasteiger partial charge is 0.999 e. The fourth-order valence-electron chi connectivity index (χ4n) is 4.17. The standard InChI is InChI=1S/C28H26P2.C5H.Mn.NO/c1-23(29(25-15-7-3-8-16-25)26-17-9-4-10-18-26)24(2)30(27-19-11-5-12-20-27)28-21-13-6-14-22-28;1-2-4-5-3-1;;1-2/h3-22H,1-2H3;1H;;/q;-5;;+1/p+2. The second-order valence-corrected chi connectivity index (χ2v) is 13.5.